The van der Waals surface area contributed by atoms with Crippen molar-refractivity contribution in [3.8, 4) is 28.3 Å². The summed E-state index contributed by atoms with van der Waals surface area (Å²) < 4.78 is 35.3. The van der Waals surface area contributed by atoms with Crippen molar-refractivity contribution in [2.75, 3.05) is 7.11 Å². The van der Waals surface area contributed by atoms with Crippen LogP contribution in [-0.4, -0.2) is 20.5 Å². The Kier molecular flexibility index (Phi) is 5.60. The third-order valence-corrected chi connectivity index (χ3v) is 5.51. The van der Waals surface area contributed by atoms with Gasteiger partial charge in [-0.05, 0) is 30.3 Å². The third kappa shape index (κ3) is 3.82. The lowest BCUT2D eigenvalue weighted by Gasteiger charge is -2.08. The average molecular weight is 419 g/mol. The molecule has 0 radical (unpaired) electrons. The number of hydrogen-bond donors (Lipinski definition) is 1. The molecule has 1 unspecified atom stereocenters. The van der Waals surface area contributed by atoms with Gasteiger partial charge in [-0.2, -0.15) is 0 Å². The van der Waals surface area contributed by atoms with Crippen LogP contribution in [0.1, 0.15) is 18.7 Å². The van der Waals surface area contributed by atoms with Gasteiger partial charge >= 0.3 is 0 Å². The number of allylic oxidation sites excluding steroid dienone is 1. The van der Waals surface area contributed by atoms with Crippen molar-refractivity contribution < 1.29 is 17.6 Å². The fourth-order valence-electron chi connectivity index (χ4n) is 2.73. The molecule has 6 nitrogen and oxygen atoms in total. The van der Waals surface area contributed by atoms with Crippen LogP contribution in [0, 0.1) is 0 Å². The highest BCUT2D eigenvalue weighted by Gasteiger charge is 2.24. The van der Waals surface area contributed by atoms with E-state index in [1.54, 1.807) is 42.5 Å². The second kappa shape index (κ2) is 7.79. The Bertz CT molecular complexity index is 1140. The summed E-state index contributed by atoms with van der Waals surface area (Å²) in [6.45, 7) is 5.64. The Hall–Kier alpha value is -2.61. The number of nitrogens with zero attached hydrogens (tertiary/aromatic N) is 1. The lowest BCUT2D eigenvalue weighted by Crippen LogP contribution is -2.13. The molecule has 0 spiro atoms. The molecule has 8 heteroatoms. The van der Waals surface area contributed by atoms with E-state index in [0.29, 0.717) is 33.5 Å². The fraction of sp³-hybridized carbons (Fsp3) is 0.150. The number of ether oxygens (including phenoxy) is 1. The van der Waals surface area contributed by atoms with Crippen LogP contribution >= 0.6 is 11.6 Å². The predicted molar refractivity (Wildman–Crippen MR) is 109 cm³/mol. The number of hydrogen-bond acceptors (Lipinski definition) is 5. The van der Waals surface area contributed by atoms with Crippen LogP contribution < -0.4 is 9.88 Å². The summed E-state index contributed by atoms with van der Waals surface area (Å²) in [4.78, 5) is 4.52. The van der Waals surface area contributed by atoms with E-state index in [-0.39, 0.29) is 16.6 Å². The van der Waals surface area contributed by atoms with Crippen molar-refractivity contribution in [1.82, 2.24) is 4.98 Å². The smallest absolute Gasteiger partial charge is 0.238 e. The van der Waals surface area contributed by atoms with Crippen molar-refractivity contribution in [3.05, 3.63) is 66.0 Å². The van der Waals surface area contributed by atoms with E-state index in [9.17, 15) is 8.42 Å². The maximum absolute atomic E-state index is 12.1. The quantitative estimate of drug-likeness (QED) is 0.590. The molecule has 28 heavy (non-hydrogen) atoms. The maximum atomic E-state index is 12.1. The van der Waals surface area contributed by atoms with E-state index in [2.05, 4.69) is 11.6 Å². The van der Waals surface area contributed by atoms with Gasteiger partial charge in [0, 0.05) is 11.1 Å². The highest BCUT2D eigenvalue weighted by molar-refractivity contribution is 7.89. The lowest BCUT2D eigenvalue weighted by atomic mass is 10.1. The zero-order valence-corrected chi connectivity index (χ0v) is 16.9. The minimum Gasteiger partial charge on any atom is -0.495 e. The van der Waals surface area contributed by atoms with E-state index < -0.39 is 10.0 Å². The molecule has 0 saturated carbocycles. The minimum absolute atomic E-state index is 0.0511. The van der Waals surface area contributed by atoms with Gasteiger partial charge in [0.25, 0.3) is 0 Å². The van der Waals surface area contributed by atoms with Gasteiger partial charge in [-0.15, -0.1) is 6.58 Å². The molecule has 0 bridgehead atoms. The Morgan fingerprint density at radius 1 is 1.29 bits per heavy atom. The number of oxazole rings is 1. The Morgan fingerprint density at radius 2 is 2.00 bits per heavy atom. The number of primary sulfonamides is 1. The fourth-order valence-corrected chi connectivity index (χ4v) is 3.72. The topological polar surface area (TPSA) is 95.4 Å². The van der Waals surface area contributed by atoms with E-state index in [0.717, 1.165) is 0 Å². The number of methoxy groups -OCH3 is 1. The number of sulfonamides is 1. The van der Waals surface area contributed by atoms with E-state index >= 15 is 0 Å². The summed E-state index contributed by atoms with van der Waals surface area (Å²) in [5, 5.41) is 5.79. The minimum atomic E-state index is -3.97. The largest absolute Gasteiger partial charge is 0.495 e. The van der Waals surface area contributed by atoms with Gasteiger partial charge in [-0.3, -0.25) is 0 Å². The molecule has 0 aliphatic heterocycles. The molecule has 1 aromatic heterocycles. The number of halogens is 1. The molecule has 0 aliphatic carbocycles. The second-order valence-corrected chi connectivity index (χ2v) is 8.08. The van der Waals surface area contributed by atoms with Crippen LogP contribution in [0.15, 0.2) is 64.4 Å². The monoisotopic (exact) mass is 418 g/mol. The van der Waals surface area contributed by atoms with Gasteiger partial charge in [0.1, 0.15) is 11.4 Å². The summed E-state index contributed by atoms with van der Waals surface area (Å²) in [6, 6.07) is 11.5. The number of aromatic nitrogens is 1. The Morgan fingerprint density at radius 3 is 2.61 bits per heavy atom. The van der Waals surface area contributed by atoms with E-state index in [1.165, 1.54) is 13.2 Å². The van der Waals surface area contributed by atoms with Crippen molar-refractivity contribution in [1.29, 1.82) is 0 Å². The Balaban J connectivity index is 2.29. The first-order valence-electron chi connectivity index (χ1n) is 8.35. The average Bonchev–Trinajstić information content (AvgIpc) is 3.12. The van der Waals surface area contributed by atoms with Crippen LogP contribution in [0.2, 0.25) is 5.02 Å². The molecule has 0 saturated heterocycles. The summed E-state index contributed by atoms with van der Waals surface area (Å²) in [6.07, 6.45) is 1.69. The SMILES string of the molecule is C=CC(C)c1nc(-c2ccc(OC)c(Cl)c2)c(-c2ccccc2S(N)(=O)=O)o1. The molecule has 0 aliphatic rings. The van der Waals surface area contributed by atoms with Crippen LogP contribution in [0.25, 0.3) is 22.6 Å². The van der Waals surface area contributed by atoms with Gasteiger partial charge < -0.3 is 9.15 Å². The maximum Gasteiger partial charge on any atom is 0.238 e. The van der Waals surface area contributed by atoms with E-state index in [1.807, 2.05) is 6.92 Å². The first-order valence-corrected chi connectivity index (χ1v) is 10.3. The predicted octanol–water partition coefficient (Wildman–Crippen LogP) is 4.61. The standard InChI is InChI=1S/C20H19ClN2O4S/c1-4-12(2)20-23-18(13-9-10-16(26-3)15(21)11-13)19(27-20)14-7-5-6-8-17(14)28(22,24)25/h4-12H,1H2,2-3H3,(H2,22,24,25). The van der Waals surface area contributed by atoms with Gasteiger partial charge in [0.2, 0.25) is 15.9 Å². The number of benzene rings is 2. The van der Waals surface area contributed by atoms with Crippen molar-refractivity contribution in [2.24, 2.45) is 5.14 Å². The van der Waals surface area contributed by atoms with Crippen LogP contribution in [0.4, 0.5) is 0 Å². The number of nitrogens with two attached hydrogens (primary N) is 1. The molecular weight excluding hydrogens is 400 g/mol. The summed E-state index contributed by atoms with van der Waals surface area (Å²) in [5.41, 5.74) is 1.42. The second-order valence-electron chi connectivity index (χ2n) is 6.14. The van der Waals surface area contributed by atoms with Crippen molar-refractivity contribution in [2.45, 2.75) is 17.7 Å². The van der Waals surface area contributed by atoms with Crippen LogP contribution in [-0.2, 0) is 10.0 Å². The zero-order valence-electron chi connectivity index (χ0n) is 15.3. The van der Waals surface area contributed by atoms with Crippen molar-refractivity contribution in [3.63, 3.8) is 0 Å². The van der Waals surface area contributed by atoms with Crippen molar-refractivity contribution >= 4 is 21.6 Å². The van der Waals surface area contributed by atoms with Crippen LogP contribution in [0.5, 0.6) is 5.75 Å². The molecule has 0 fully saturated rings. The van der Waals surface area contributed by atoms with Crippen LogP contribution in [0.3, 0.4) is 0 Å². The molecule has 0 amide bonds. The molecule has 3 rings (SSSR count). The molecule has 3 aromatic rings. The van der Waals surface area contributed by atoms with Gasteiger partial charge in [0.05, 0.1) is 22.9 Å². The lowest BCUT2D eigenvalue weighted by molar-refractivity contribution is 0.415. The summed E-state index contributed by atoms with van der Waals surface area (Å²) >= 11 is 6.26. The molecule has 1 atom stereocenters. The van der Waals surface area contributed by atoms with Gasteiger partial charge in [0.15, 0.2) is 5.76 Å². The van der Waals surface area contributed by atoms with Gasteiger partial charge in [-0.1, -0.05) is 36.7 Å². The molecule has 2 aromatic carbocycles. The number of rotatable bonds is 6. The first-order chi connectivity index (χ1) is 13.3. The normalized spacial score (nSPS) is 12.6. The highest BCUT2D eigenvalue weighted by Crippen LogP contribution is 2.39. The molecule has 146 valence electrons. The zero-order chi connectivity index (χ0) is 20.5. The highest BCUT2D eigenvalue weighted by atomic mass is 35.5. The van der Waals surface area contributed by atoms with Gasteiger partial charge in [-0.25, -0.2) is 18.5 Å². The molecule has 2 N–H and O–H groups in total. The summed E-state index contributed by atoms with van der Waals surface area (Å²) in [7, 11) is -2.45. The summed E-state index contributed by atoms with van der Waals surface area (Å²) in [5.74, 6) is 1.02. The molecular formula is C20H19ClN2O4S. The third-order valence-electron chi connectivity index (χ3n) is 4.25. The molecule has 1 heterocycles. The first kappa shape index (κ1) is 20.1. The Labute approximate surface area is 168 Å². The van der Waals surface area contributed by atoms with E-state index in [4.69, 9.17) is 25.9 Å².